The van der Waals surface area contributed by atoms with E-state index in [-0.39, 0.29) is 11.6 Å². The van der Waals surface area contributed by atoms with E-state index in [1.807, 2.05) is 19.0 Å². The number of anilines is 2. The molecule has 114 valence electrons. The zero-order chi connectivity index (χ0) is 15.3. The number of nitrogen functional groups attached to an aromatic ring is 1. The molecule has 0 aliphatic rings. The average Bonchev–Trinajstić information content (AvgIpc) is 2.36. The minimum absolute atomic E-state index is 0.0678. The monoisotopic (exact) mass is 292 g/mol. The second-order valence-electron chi connectivity index (χ2n) is 4.66. The first-order valence-electron chi connectivity index (χ1n) is 6.03. The molecule has 0 unspecified atom stereocenters. The Morgan fingerprint density at radius 2 is 1.85 bits per heavy atom. The molecule has 1 aromatic rings. The highest BCUT2D eigenvalue weighted by Gasteiger charge is 2.35. The van der Waals surface area contributed by atoms with E-state index in [9.17, 15) is 13.2 Å². The number of hydrogen-bond donors (Lipinski definition) is 2. The van der Waals surface area contributed by atoms with Crippen molar-refractivity contribution in [1.29, 1.82) is 0 Å². The Kier molecular flexibility index (Phi) is 5.52. The highest BCUT2D eigenvalue weighted by atomic mass is 19.4. The molecule has 6 nitrogen and oxygen atoms in total. The topological polar surface area (TPSA) is 70.3 Å². The maximum absolute atomic E-state index is 12.7. The van der Waals surface area contributed by atoms with E-state index in [0.717, 1.165) is 13.0 Å². The summed E-state index contributed by atoms with van der Waals surface area (Å²) in [7, 11) is 5.55. The first-order chi connectivity index (χ1) is 9.24. The fourth-order valence-corrected chi connectivity index (χ4v) is 1.57. The van der Waals surface area contributed by atoms with Gasteiger partial charge in [-0.15, -0.1) is 0 Å². The summed E-state index contributed by atoms with van der Waals surface area (Å²) in [6.45, 7) is 1.42. The molecule has 0 saturated carbocycles. The Morgan fingerprint density at radius 3 is 2.35 bits per heavy atom. The number of nitrogens with two attached hydrogens (primary N) is 1. The molecular weight excluding hydrogens is 273 g/mol. The number of hydrazine groups is 1. The lowest BCUT2D eigenvalue weighted by molar-refractivity contribution is -0.144. The molecule has 9 heteroatoms. The third-order valence-corrected chi connectivity index (χ3v) is 2.60. The Hall–Kier alpha value is -1.61. The van der Waals surface area contributed by atoms with Crippen molar-refractivity contribution in [1.82, 2.24) is 14.9 Å². The summed E-state index contributed by atoms with van der Waals surface area (Å²) in [6.07, 6.45) is -3.80. The molecule has 0 aliphatic heterocycles. The lowest BCUT2D eigenvalue weighted by Crippen LogP contribution is -2.26. The van der Waals surface area contributed by atoms with Gasteiger partial charge < -0.3 is 15.2 Å². The Morgan fingerprint density at radius 1 is 1.20 bits per heavy atom. The highest BCUT2D eigenvalue weighted by Crippen LogP contribution is 2.28. The molecule has 0 radical (unpaired) electrons. The lowest BCUT2D eigenvalue weighted by atomic mass is 10.3. The van der Waals surface area contributed by atoms with Gasteiger partial charge >= 0.3 is 6.18 Å². The van der Waals surface area contributed by atoms with Crippen molar-refractivity contribution >= 4 is 11.6 Å². The van der Waals surface area contributed by atoms with Gasteiger partial charge in [0, 0.05) is 19.7 Å². The molecule has 0 amide bonds. The first kappa shape index (κ1) is 16.4. The summed E-state index contributed by atoms with van der Waals surface area (Å²) >= 11 is 0. The van der Waals surface area contributed by atoms with E-state index in [1.54, 1.807) is 11.9 Å². The molecule has 0 spiro atoms. The van der Waals surface area contributed by atoms with Crippen molar-refractivity contribution in [3.05, 3.63) is 11.9 Å². The fraction of sp³-hybridized carbons (Fsp3) is 0.636. The molecular formula is C11H19F3N6. The summed E-state index contributed by atoms with van der Waals surface area (Å²) in [4.78, 5) is 10.5. The zero-order valence-corrected chi connectivity index (χ0v) is 11.7. The summed E-state index contributed by atoms with van der Waals surface area (Å²) in [6, 6.07) is 1.38. The second-order valence-corrected chi connectivity index (χ2v) is 4.66. The molecule has 1 aromatic heterocycles. The van der Waals surface area contributed by atoms with Crippen LogP contribution in [0.3, 0.4) is 0 Å². The van der Waals surface area contributed by atoms with Crippen molar-refractivity contribution in [2.24, 2.45) is 5.84 Å². The van der Waals surface area contributed by atoms with E-state index in [4.69, 9.17) is 5.84 Å². The van der Waals surface area contributed by atoms with Gasteiger partial charge in [-0.2, -0.15) is 13.2 Å². The van der Waals surface area contributed by atoms with Crippen molar-refractivity contribution in [2.75, 3.05) is 44.6 Å². The van der Waals surface area contributed by atoms with Crippen LogP contribution in [0.25, 0.3) is 0 Å². The number of halogens is 3. The predicted molar refractivity (Wildman–Crippen MR) is 71.3 cm³/mol. The maximum atomic E-state index is 12.7. The van der Waals surface area contributed by atoms with Crippen LogP contribution in [-0.2, 0) is 6.18 Å². The van der Waals surface area contributed by atoms with Crippen LogP contribution >= 0.6 is 0 Å². The fourth-order valence-electron chi connectivity index (χ4n) is 1.57. The molecule has 0 bridgehead atoms. The number of nitrogens with zero attached hydrogens (tertiary/aromatic N) is 4. The summed E-state index contributed by atoms with van der Waals surface area (Å²) in [5.41, 5.74) is 2.12. The van der Waals surface area contributed by atoms with Gasteiger partial charge in [-0.3, -0.25) is 0 Å². The smallest absolute Gasteiger partial charge is 0.359 e. The van der Waals surface area contributed by atoms with E-state index in [0.29, 0.717) is 6.54 Å². The largest absolute Gasteiger partial charge is 0.451 e. The van der Waals surface area contributed by atoms with Crippen LogP contribution in [0.15, 0.2) is 6.07 Å². The summed E-state index contributed by atoms with van der Waals surface area (Å²) in [5, 5.41) is 0. The third kappa shape index (κ3) is 4.82. The number of nitrogens with one attached hydrogen (secondary N) is 1. The normalized spacial score (nSPS) is 11.8. The lowest BCUT2D eigenvalue weighted by Gasteiger charge is -2.20. The van der Waals surface area contributed by atoms with Gasteiger partial charge in [0.15, 0.2) is 0 Å². The molecule has 0 fully saturated rings. The van der Waals surface area contributed by atoms with Crippen molar-refractivity contribution in [3.8, 4) is 0 Å². The van der Waals surface area contributed by atoms with Crippen molar-refractivity contribution in [2.45, 2.75) is 12.6 Å². The molecule has 0 aromatic carbocycles. The van der Waals surface area contributed by atoms with Crippen LogP contribution in [0.4, 0.5) is 24.8 Å². The molecule has 1 rings (SSSR count). The molecule has 0 atom stereocenters. The highest BCUT2D eigenvalue weighted by molar-refractivity contribution is 5.48. The van der Waals surface area contributed by atoms with Gasteiger partial charge in [-0.05, 0) is 27.1 Å². The Balaban J connectivity index is 2.88. The minimum atomic E-state index is -4.61. The van der Waals surface area contributed by atoms with Gasteiger partial charge in [0.1, 0.15) is 11.6 Å². The van der Waals surface area contributed by atoms with Crippen molar-refractivity contribution < 1.29 is 13.2 Å². The quantitative estimate of drug-likeness (QED) is 0.606. The van der Waals surface area contributed by atoms with Gasteiger partial charge in [0.2, 0.25) is 5.82 Å². The van der Waals surface area contributed by atoms with Crippen LogP contribution in [0.2, 0.25) is 0 Å². The van der Waals surface area contributed by atoms with Gasteiger partial charge in [-0.25, -0.2) is 15.8 Å². The third-order valence-electron chi connectivity index (χ3n) is 2.60. The van der Waals surface area contributed by atoms with E-state index in [1.165, 1.54) is 6.07 Å². The van der Waals surface area contributed by atoms with Crippen LogP contribution in [0.5, 0.6) is 0 Å². The first-order valence-corrected chi connectivity index (χ1v) is 6.03. The van der Waals surface area contributed by atoms with E-state index in [2.05, 4.69) is 15.4 Å². The van der Waals surface area contributed by atoms with Gasteiger partial charge in [0.25, 0.3) is 0 Å². The van der Waals surface area contributed by atoms with Gasteiger partial charge in [-0.1, -0.05) is 0 Å². The van der Waals surface area contributed by atoms with E-state index < -0.39 is 12.0 Å². The van der Waals surface area contributed by atoms with Crippen LogP contribution in [0, 0.1) is 0 Å². The number of aromatic nitrogens is 2. The zero-order valence-electron chi connectivity index (χ0n) is 11.7. The Labute approximate surface area is 115 Å². The minimum Gasteiger partial charge on any atom is -0.359 e. The van der Waals surface area contributed by atoms with Crippen LogP contribution in [0.1, 0.15) is 12.2 Å². The molecule has 0 aliphatic carbocycles. The van der Waals surface area contributed by atoms with Crippen LogP contribution < -0.4 is 16.2 Å². The van der Waals surface area contributed by atoms with E-state index >= 15 is 0 Å². The second kappa shape index (κ2) is 6.71. The predicted octanol–water partition coefficient (Wildman–Crippen LogP) is 1.17. The number of hydrogen-bond acceptors (Lipinski definition) is 6. The maximum Gasteiger partial charge on any atom is 0.451 e. The number of rotatable bonds is 6. The average molecular weight is 292 g/mol. The SMILES string of the molecule is CN(C)CCCN(C)c1cc(NN)nc(C(F)(F)F)n1. The summed E-state index contributed by atoms with van der Waals surface area (Å²) in [5.74, 6) is 4.04. The Bertz CT molecular complexity index is 435. The molecule has 1 heterocycles. The molecule has 20 heavy (non-hydrogen) atoms. The van der Waals surface area contributed by atoms with Crippen molar-refractivity contribution in [3.63, 3.8) is 0 Å². The van der Waals surface area contributed by atoms with Gasteiger partial charge in [0.05, 0.1) is 0 Å². The summed E-state index contributed by atoms with van der Waals surface area (Å²) < 4.78 is 38.1. The molecule has 3 N–H and O–H groups in total. The van der Waals surface area contributed by atoms with Crippen LogP contribution in [-0.4, -0.2) is 49.1 Å². The molecule has 0 saturated heterocycles. The standard InChI is InChI=1S/C11H19F3N6/c1-19(2)5-4-6-20(3)9-7-8(18-15)16-10(17-9)11(12,13)14/h7H,4-6,15H2,1-3H3,(H,16,17,18). The number of alkyl halides is 3.